The second kappa shape index (κ2) is 7.99. The Balaban J connectivity index is 1.67. The Labute approximate surface area is 150 Å². The summed E-state index contributed by atoms with van der Waals surface area (Å²) in [4.78, 5) is 28.3. The van der Waals surface area contributed by atoms with E-state index in [0.717, 1.165) is 11.8 Å². The topological polar surface area (TPSA) is 88.4 Å². The number of aliphatic imine (C=N–C) groups is 1. The molecule has 3 rings (SSSR count). The molecule has 0 aliphatic carbocycles. The van der Waals surface area contributed by atoms with Gasteiger partial charge in [0.2, 0.25) is 0 Å². The number of amides is 1. The van der Waals surface area contributed by atoms with Crippen molar-refractivity contribution in [3.05, 3.63) is 35.9 Å². The molecule has 1 amide bonds. The number of benzene rings is 1. The van der Waals surface area contributed by atoms with Gasteiger partial charge in [-0.15, -0.1) is 0 Å². The largest absolute Gasteiger partial charge is 0.465 e. The second-order valence-corrected chi connectivity index (χ2v) is 6.87. The average molecular weight is 364 g/mol. The van der Waals surface area contributed by atoms with E-state index in [9.17, 15) is 14.7 Å². The maximum atomic E-state index is 11.4. The Kier molecular flexibility index (Phi) is 5.72. The lowest BCUT2D eigenvalue weighted by molar-refractivity contribution is -0.146. The minimum Gasteiger partial charge on any atom is -0.465 e. The van der Waals surface area contributed by atoms with E-state index in [4.69, 9.17) is 9.47 Å². The Morgan fingerprint density at radius 2 is 2.24 bits per heavy atom. The van der Waals surface area contributed by atoms with Gasteiger partial charge >= 0.3 is 6.09 Å². The number of carbonyl (C=O) groups excluding carboxylic acids is 1. The van der Waals surface area contributed by atoms with E-state index in [1.54, 1.807) is 6.92 Å². The molecule has 1 N–H and O–H groups in total. The molecule has 0 spiro atoms. The number of hydrogen-bond acceptors (Lipinski definition) is 6. The molecule has 1 fully saturated rings. The normalized spacial score (nSPS) is 28.1. The van der Waals surface area contributed by atoms with Gasteiger partial charge in [0.1, 0.15) is 11.5 Å². The van der Waals surface area contributed by atoms with E-state index in [1.807, 2.05) is 30.3 Å². The Bertz CT molecular complexity index is 654. The highest BCUT2D eigenvalue weighted by molar-refractivity contribution is 8.14. The number of amidine groups is 1. The molecule has 2 heterocycles. The number of carbonyl (C=O) groups is 2. The first kappa shape index (κ1) is 17.9. The van der Waals surface area contributed by atoms with Gasteiger partial charge in [-0.05, 0) is 12.5 Å². The summed E-state index contributed by atoms with van der Waals surface area (Å²) in [6, 6.07) is 9.48. The van der Waals surface area contributed by atoms with Crippen molar-refractivity contribution in [2.24, 2.45) is 4.99 Å². The lowest BCUT2D eigenvalue weighted by Gasteiger charge is -2.34. The molecule has 134 valence electrons. The first-order chi connectivity index (χ1) is 12.1. The van der Waals surface area contributed by atoms with E-state index in [2.05, 4.69) is 4.99 Å². The third-order valence-electron chi connectivity index (χ3n) is 4.16. The molecule has 7 nitrogen and oxygen atoms in total. The Morgan fingerprint density at radius 1 is 1.48 bits per heavy atom. The molecule has 0 aromatic heterocycles. The number of rotatable bonds is 5. The number of aldehydes is 1. The fourth-order valence-corrected chi connectivity index (χ4v) is 4.11. The minimum absolute atomic E-state index is 0.217. The summed E-state index contributed by atoms with van der Waals surface area (Å²) in [5, 5.41) is 9.65. The van der Waals surface area contributed by atoms with Crippen LogP contribution >= 0.6 is 11.8 Å². The fourth-order valence-electron chi connectivity index (χ4n) is 2.86. The molecule has 0 unspecified atom stereocenters. The average Bonchev–Trinajstić information content (AvgIpc) is 3.02. The van der Waals surface area contributed by atoms with Crippen LogP contribution in [-0.2, 0) is 20.9 Å². The molecule has 1 aromatic rings. The molecular formula is C17H20N2O5S. The zero-order valence-electron chi connectivity index (χ0n) is 13.8. The van der Waals surface area contributed by atoms with Gasteiger partial charge in [-0.2, -0.15) is 0 Å². The standard InChI is InChI=1S/C17H20N2O5S/c1-2-19(17(21)22)16-18-12-8-13(14(9-20)24-15(12)25-16)23-10-11-6-4-3-5-7-11/h3-7,9,12-15H,2,8,10H2,1H3,(H,21,22)/t12-,13+,14-,15-/m1/s1. The molecule has 8 heteroatoms. The van der Waals surface area contributed by atoms with Gasteiger partial charge < -0.3 is 19.4 Å². The quantitative estimate of drug-likeness (QED) is 0.807. The third kappa shape index (κ3) is 4.02. The number of thioether (sulfide) groups is 1. The van der Waals surface area contributed by atoms with Crippen molar-refractivity contribution in [3.63, 3.8) is 0 Å². The van der Waals surface area contributed by atoms with Crippen LogP contribution in [-0.4, -0.2) is 57.8 Å². The van der Waals surface area contributed by atoms with Crippen LogP contribution in [0.25, 0.3) is 0 Å². The fraction of sp³-hybridized carbons (Fsp3) is 0.471. The Hall–Kier alpha value is -1.90. The minimum atomic E-state index is -1.05. The molecule has 1 aromatic carbocycles. The number of hydrogen-bond donors (Lipinski definition) is 1. The van der Waals surface area contributed by atoms with Gasteiger partial charge in [0, 0.05) is 13.0 Å². The molecule has 1 saturated heterocycles. The highest BCUT2D eigenvalue weighted by Gasteiger charge is 2.44. The second-order valence-electron chi connectivity index (χ2n) is 5.80. The molecule has 0 radical (unpaired) electrons. The maximum absolute atomic E-state index is 11.4. The molecule has 2 aliphatic rings. The number of nitrogens with zero attached hydrogens (tertiary/aromatic N) is 2. The van der Waals surface area contributed by atoms with Crippen molar-refractivity contribution >= 4 is 29.3 Å². The van der Waals surface area contributed by atoms with E-state index < -0.39 is 18.3 Å². The lowest BCUT2D eigenvalue weighted by Crippen LogP contribution is -2.45. The van der Waals surface area contributed by atoms with E-state index >= 15 is 0 Å². The van der Waals surface area contributed by atoms with Crippen LogP contribution < -0.4 is 0 Å². The van der Waals surface area contributed by atoms with Crippen LogP contribution in [0, 0.1) is 0 Å². The summed E-state index contributed by atoms with van der Waals surface area (Å²) < 4.78 is 11.7. The number of fused-ring (bicyclic) bond motifs is 1. The SMILES string of the molecule is CCN(C(=O)O)C1=N[C@@H]2C[C@H](OCc3ccccc3)[C@@H](C=O)O[C@@H]2S1. The zero-order chi connectivity index (χ0) is 17.8. The molecular weight excluding hydrogens is 344 g/mol. The monoisotopic (exact) mass is 364 g/mol. The molecule has 0 bridgehead atoms. The van der Waals surface area contributed by atoms with Gasteiger partial charge in [0.15, 0.2) is 11.5 Å². The smallest absolute Gasteiger partial charge is 0.413 e. The highest BCUT2D eigenvalue weighted by atomic mass is 32.2. The van der Waals surface area contributed by atoms with Gasteiger partial charge in [-0.25, -0.2) is 4.79 Å². The van der Waals surface area contributed by atoms with Gasteiger partial charge in [0.05, 0.1) is 18.8 Å². The molecule has 25 heavy (non-hydrogen) atoms. The maximum Gasteiger partial charge on any atom is 0.413 e. The Morgan fingerprint density at radius 3 is 2.88 bits per heavy atom. The van der Waals surface area contributed by atoms with E-state index in [0.29, 0.717) is 24.7 Å². The summed E-state index contributed by atoms with van der Waals surface area (Å²) in [6.45, 7) is 2.45. The van der Waals surface area contributed by atoms with Gasteiger partial charge in [-0.1, -0.05) is 42.1 Å². The summed E-state index contributed by atoms with van der Waals surface area (Å²) in [5.74, 6) is 0. The molecule has 0 saturated carbocycles. The number of ether oxygens (including phenoxy) is 2. The lowest BCUT2D eigenvalue weighted by atomic mass is 10.0. The van der Waals surface area contributed by atoms with Gasteiger partial charge in [0.25, 0.3) is 0 Å². The number of carboxylic acid groups (broad SMARTS) is 1. The van der Waals surface area contributed by atoms with Crippen LogP contribution in [0.3, 0.4) is 0 Å². The summed E-state index contributed by atoms with van der Waals surface area (Å²) >= 11 is 1.25. The summed E-state index contributed by atoms with van der Waals surface area (Å²) in [7, 11) is 0. The van der Waals surface area contributed by atoms with E-state index in [-0.39, 0.29) is 11.5 Å². The molecule has 4 atom stereocenters. The third-order valence-corrected chi connectivity index (χ3v) is 5.36. The van der Waals surface area contributed by atoms with Crippen molar-refractivity contribution in [2.45, 2.75) is 43.6 Å². The van der Waals surface area contributed by atoms with Crippen LogP contribution in [0.2, 0.25) is 0 Å². The predicted octanol–water partition coefficient (Wildman–Crippen LogP) is 2.36. The van der Waals surface area contributed by atoms with Crippen molar-refractivity contribution in [3.8, 4) is 0 Å². The van der Waals surface area contributed by atoms with Crippen LogP contribution in [0.1, 0.15) is 18.9 Å². The van der Waals surface area contributed by atoms with E-state index in [1.165, 1.54) is 16.7 Å². The predicted molar refractivity (Wildman–Crippen MR) is 93.6 cm³/mol. The highest BCUT2D eigenvalue weighted by Crippen LogP contribution is 2.37. The van der Waals surface area contributed by atoms with Crippen molar-refractivity contribution in [2.75, 3.05) is 6.54 Å². The van der Waals surface area contributed by atoms with Crippen LogP contribution in [0.5, 0.6) is 0 Å². The van der Waals surface area contributed by atoms with Crippen molar-refractivity contribution in [1.82, 2.24) is 4.90 Å². The molecule has 2 aliphatic heterocycles. The van der Waals surface area contributed by atoms with Crippen LogP contribution in [0.15, 0.2) is 35.3 Å². The first-order valence-electron chi connectivity index (χ1n) is 8.13. The summed E-state index contributed by atoms with van der Waals surface area (Å²) in [5.41, 5.74) is 0.664. The van der Waals surface area contributed by atoms with Crippen molar-refractivity contribution < 1.29 is 24.2 Å². The van der Waals surface area contributed by atoms with Gasteiger partial charge in [-0.3, -0.25) is 9.89 Å². The first-order valence-corrected chi connectivity index (χ1v) is 9.01. The van der Waals surface area contributed by atoms with Crippen LogP contribution in [0.4, 0.5) is 4.79 Å². The summed E-state index contributed by atoms with van der Waals surface area (Å²) in [6.07, 6.45) is -0.848. The zero-order valence-corrected chi connectivity index (χ0v) is 14.6. The van der Waals surface area contributed by atoms with Crippen molar-refractivity contribution in [1.29, 1.82) is 0 Å².